The van der Waals surface area contributed by atoms with E-state index in [1.807, 2.05) is 19.1 Å². The van der Waals surface area contributed by atoms with Crippen molar-refractivity contribution in [2.24, 2.45) is 0 Å². The SMILES string of the molecule is CCn1nnc2cc(C(=O)N3CCCC3CO)ccc21. The second kappa shape index (κ2) is 5.20. The summed E-state index contributed by atoms with van der Waals surface area (Å²) in [6.07, 6.45) is 1.82. The van der Waals surface area contributed by atoms with E-state index in [2.05, 4.69) is 10.3 Å². The number of fused-ring (bicyclic) bond motifs is 1. The van der Waals surface area contributed by atoms with Gasteiger partial charge in [-0.2, -0.15) is 0 Å². The second-order valence-corrected chi connectivity index (χ2v) is 5.09. The minimum atomic E-state index is -0.0514. The highest BCUT2D eigenvalue weighted by Gasteiger charge is 2.28. The Balaban J connectivity index is 1.92. The number of rotatable bonds is 3. The van der Waals surface area contributed by atoms with E-state index >= 15 is 0 Å². The summed E-state index contributed by atoms with van der Waals surface area (Å²) in [5.41, 5.74) is 2.28. The maximum atomic E-state index is 12.5. The van der Waals surface area contributed by atoms with Crippen LogP contribution >= 0.6 is 0 Å². The Kier molecular flexibility index (Phi) is 3.40. The second-order valence-electron chi connectivity index (χ2n) is 5.09. The third kappa shape index (κ3) is 2.06. The first-order valence-corrected chi connectivity index (χ1v) is 6.99. The molecule has 106 valence electrons. The van der Waals surface area contributed by atoms with Crippen LogP contribution in [-0.4, -0.2) is 50.1 Å². The van der Waals surface area contributed by atoms with Gasteiger partial charge in [-0.15, -0.1) is 5.10 Å². The van der Waals surface area contributed by atoms with Gasteiger partial charge in [-0.1, -0.05) is 5.21 Å². The maximum Gasteiger partial charge on any atom is 0.254 e. The van der Waals surface area contributed by atoms with Crippen LogP contribution in [0.3, 0.4) is 0 Å². The number of nitrogens with zero attached hydrogens (tertiary/aromatic N) is 4. The first-order valence-electron chi connectivity index (χ1n) is 6.99. The fraction of sp³-hybridized carbons (Fsp3) is 0.500. The number of likely N-dealkylation sites (tertiary alicyclic amines) is 1. The number of aliphatic hydroxyl groups excluding tert-OH is 1. The number of amides is 1. The molecule has 0 saturated carbocycles. The minimum Gasteiger partial charge on any atom is -0.394 e. The summed E-state index contributed by atoms with van der Waals surface area (Å²) in [5, 5.41) is 17.5. The van der Waals surface area contributed by atoms with Gasteiger partial charge in [0, 0.05) is 18.7 Å². The molecule has 0 bridgehead atoms. The van der Waals surface area contributed by atoms with Crippen LogP contribution in [0, 0.1) is 0 Å². The zero-order valence-corrected chi connectivity index (χ0v) is 11.5. The van der Waals surface area contributed by atoms with Crippen LogP contribution in [0.5, 0.6) is 0 Å². The van der Waals surface area contributed by atoms with E-state index in [0.29, 0.717) is 12.1 Å². The lowest BCUT2D eigenvalue weighted by molar-refractivity contribution is 0.0678. The lowest BCUT2D eigenvalue weighted by Gasteiger charge is -2.23. The van der Waals surface area contributed by atoms with Gasteiger partial charge >= 0.3 is 0 Å². The molecule has 0 aliphatic carbocycles. The van der Waals surface area contributed by atoms with E-state index in [9.17, 15) is 9.90 Å². The zero-order valence-electron chi connectivity index (χ0n) is 11.5. The molecular weight excluding hydrogens is 256 g/mol. The highest BCUT2D eigenvalue weighted by atomic mass is 16.3. The molecule has 0 spiro atoms. The average molecular weight is 274 g/mol. The minimum absolute atomic E-state index is 0.0278. The number of aromatic nitrogens is 3. The van der Waals surface area contributed by atoms with Gasteiger partial charge in [0.2, 0.25) is 0 Å². The quantitative estimate of drug-likeness (QED) is 0.908. The first kappa shape index (κ1) is 13.1. The molecule has 1 aromatic carbocycles. The average Bonchev–Trinajstić information content (AvgIpc) is 3.11. The van der Waals surface area contributed by atoms with Crippen molar-refractivity contribution in [1.82, 2.24) is 19.9 Å². The van der Waals surface area contributed by atoms with Crippen LogP contribution in [0.2, 0.25) is 0 Å². The largest absolute Gasteiger partial charge is 0.394 e. The van der Waals surface area contributed by atoms with Crippen LogP contribution in [0.1, 0.15) is 30.1 Å². The first-order chi connectivity index (χ1) is 9.74. The summed E-state index contributed by atoms with van der Waals surface area (Å²) in [7, 11) is 0. The van der Waals surface area contributed by atoms with Gasteiger partial charge in [0.05, 0.1) is 18.2 Å². The number of hydrogen-bond acceptors (Lipinski definition) is 4. The molecule has 3 rings (SSSR count). The number of carbonyl (C=O) groups excluding carboxylic acids is 1. The van der Waals surface area contributed by atoms with Crippen LogP contribution < -0.4 is 0 Å². The zero-order chi connectivity index (χ0) is 14.1. The molecule has 1 aromatic heterocycles. The van der Waals surface area contributed by atoms with Crippen LogP contribution in [0.15, 0.2) is 18.2 Å². The molecule has 1 aliphatic heterocycles. The van der Waals surface area contributed by atoms with Gasteiger partial charge in [-0.25, -0.2) is 4.68 Å². The van der Waals surface area contributed by atoms with E-state index in [0.717, 1.165) is 30.4 Å². The van der Waals surface area contributed by atoms with Crippen molar-refractivity contribution >= 4 is 16.9 Å². The molecule has 1 unspecified atom stereocenters. The van der Waals surface area contributed by atoms with E-state index in [4.69, 9.17) is 0 Å². The number of benzene rings is 1. The van der Waals surface area contributed by atoms with Crippen molar-refractivity contribution in [2.75, 3.05) is 13.2 Å². The van der Waals surface area contributed by atoms with Gasteiger partial charge in [0.1, 0.15) is 5.52 Å². The van der Waals surface area contributed by atoms with Crippen molar-refractivity contribution in [3.63, 3.8) is 0 Å². The van der Waals surface area contributed by atoms with Crippen LogP contribution in [0.25, 0.3) is 11.0 Å². The van der Waals surface area contributed by atoms with Gasteiger partial charge < -0.3 is 10.0 Å². The topological polar surface area (TPSA) is 71.2 Å². The Bertz CT molecular complexity index is 637. The monoisotopic (exact) mass is 274 g/mol. The predicted octanol–water partition coefficient (Wildman–Crippen LogP) is 1.05. The summed E-state index contributed by atoms with van der Waals surface area (Å²) in [5.74, 6) is -0.0329. The van der Waals surface area contributed by atoms with Gasteiger partial charge in [-0.05, 0) is 38.0 Å². The van der Waals surface area contributed by atoms with Crippen LogP contribution in [0.4, 0.5) is 0 Å². The number of hydrogen-bond donors (Lipinski definition) is 1. The lowest BCUT2D eigenvalue weighted by Crippen LogP contribution is -2.37. The van der Waals surface area contributed by atoms with Crippen molar-refractivity contribution in [2.45, 2.75) is 32.4 Å². The fourth-order valence-electron chi connectivity index (χ4n) is 2.80. The molecule has 1 N–H and O–H groups in total. The molecule has 1 atom stereocenters. The predicted molar refractivity (Wildman–Crippen MR) is 74.3 cm³/mol. The molecule has 20 heavy (non-hydrogen) atoms. The Labute approximate surface area is 117 Å². The van der Waals surface area contributed by atoms with E-state index in [1.165, 1.54) is 0 Å². The molecule has 1 amide bonds. The Morgan fingerprint density at radius 2 is 2.35 bits per heavy atom. The molecule has 6 heteroatoms. The summed E-state index contributed by atoms with van der Waals surface area (Å²) in [4.78, 5) is 14.3. The number of aliphatic hydroxyl groups is 1. The summed E-state index contributed by atoms with van der Waals surface area (Å²) < 4.78 is 1.80. The van der Waals surface area contributed by atoms with Crippen molar-refractivity contribution in [3.8, 4) is 0 Å². The fourth-order valence-corrected chi connectivity index (χ4v) is 2.80. The molecule has 2 aromatic rings. The lowest BCUT2D eigenvalue weighted by atomic mass is 10.1. The van der Waals surface area contributed by atoms with Gasteiger partial charge in [0.15, 0.2) is 0 Å². The van der Waals surface area contributed by atoms with Crippen LogP contribution in [-0.2, 0) is 6.54 Å². The number of aryl methyl sites for hydroxylation is 1. The van der Waals surface area contributed by atoms with Gasteiger partial charge in [0.25, 0.3) is 5.91 Å². The Hall–Kier alpha value is -1.95. The Morgan fingerprint density at radius 3 is 3.10 bits per heavy atom. The molecule has 1 saturated heterocycles. The third-order valence-corrected chi connectivity index (χ3v) is 3.91. The van der Waals surface area contributed by atoms with Crippen molar-refractivity contribution in [1.29, 1.82) is 0 Å². The summed E-state index contributed by atoms with van der Waals surface area (Å²) in [6.45, 7) is 3.50. The molecule has 2 heterocycles. The van der Waals surface area contributed by atoms with E-state index < -0.39 is 0 Å². The maximum absolute atomic E-state index is 12.5. The molecular formula is C14H18N4O2. The highest BCUT2D eigenvalue weighted by molar-refractivity contribution is 5.97. The smallest absolute Gasteiger partial charge is 0.254 e. The van der Waals surface area contributed by atoms with E-state index in [-0.39, 0.29) is 18.6 Å². The molecule has 0 radical (unpaired) electrons. The normalized spacial score (nSPS) is 18.9. The highest BCUT2D eigenvalue weighted by Crippen LogP contribution is 2.21. The summed E-state index contributed by atoms with van der Waals surface area (Å²) in [6, 6.07) is 5.43. The van der Waals surface area contributed by atoms with E-state index in [1.54, 1.807) is 15.6 Å². The van der Waals surface area contributed by atoms with Crippen molar-refractivity contribution < 1.29 is 9.90 Å². The number of carbonyl (C=O) groups is 1. The standard InChI is InChI=1S/C14H18N4O2/c1-2-18-13-6-5-10(8-12(13)15-16-18)14(20)17-7-3-4-11(17)9-19/h5-6,8,11,19H,2-4,7,9H2,1H3. The Morgan fingerprint density at radius 1 is 1.50 bits per heavy atom. The van der Waals surface area contributed by atoms with Crippen molar-refractivity contribution in [3.05, 3.63) is 23.8 Å². The third-order valence-electron chi connectivity index (χ3n) is 3.91. The summed E-state index contributed by atoms with van der Waals surface area (Å²) >= 11 is 0. The molecule has 1 aliphatic rings. The molecule has 1 fully saturated rings. The van der Waals surface area contributed by atoms with Gasteiger partial charge in [-0.3, -0.25) is 4.79 Å². The molecule has 6 nitrogen and oxygen atoms in total.